The average molecular weight is 298 g/mol. The first kappa shape index (κ1) is 15.5. The van der Waals surface area contributed by atoms with Gasteiger partial charge in [-0.25, -0.2) is 13.6 Å². The Morgan fingerprint density at radius 3 is 2.52 bits per heavy atom. The molecule has 1 aliphatic carbocycles. The van der Waals surface area contributed by atoms with Crippen LogP contribution >= 0.6 is 0 Å². The number of alkyl carbamates (subject to hydrolysis) is 1. The van der Waals surface area contributed by atoms with Crippen LogP contribution < -0.4 is 10.6 Å². The third kappa shape index (κ3) is 4.58. The third-order valence-corrected chi connectivity index (χ3v) is 3.15. The fourth-order valence-electron chi connectivity index (χ4n) is 2.16. The summed E-state index contributed by atoms with van der Waals surface area (Å²) in [5.41, 5.74) is -0.383. The molecule has 116 valence electrons. The van der Waals surface area contributed by atoms with Gasteiger partial charge in [0.1, 0.15) is 17.2 Å². The summed E-state index contributed by atoms with van der Waals surface area (Å²) >= 11 is 0. The van der Waals surface area contributed by atoms with Crippen LogP contribution in [0.5, 0.6) is 0 Å². The van der Waals surface area contributed by atoms with Crippen molar-refractivity contribution in [2.45, 2.75) is 51.3 Å². The Balaban J connectivity index is 1.77. The number of carbonyl (C=O) groups excluding carboxylic acids is 1. The maximum absolute atomic E-state index is 13.5. The first-order valence-corrected chi connectivity index (χ1v) is 6.94. The summed E-state index contributed by atoms with van der Waals surface area (Å²) in [6.07, 6.45) is 0.840. The third-order valence-electron chi connectivity index (χ3n) is 3.15. The molecular formula is C15H20F2N2O2. The van der Waals surface area contributed by atoms with Crippen molar-refractivity contribution in [2.75, 3.05) is 5.32 Å². The van der Waals surface area contributed by atoms with Crippen LogP contribution in [0.15, 0.2) is 18.2 Å². The lowest BCUT2D eigenvalue weighted by molar-refractivity contribution is 0.0475. The first-order valence-electron chi connectivity index (χ1n) is 6.94. The van der Waals surface area contributed by atoms with Crippen molar-refractivity contribution >= 4 is 11.8 Å². The molecular weight excluding hydrogens is 278 g/mol. The molecule has 0 heterocycles. The van der Waals surface area contributed by atoms with Gasteiger partial charge in [0.05, 0.1) is 5.69 Å². The van der Waals surface area contributed by atoms with Crippen LogP contribution in [-0.4, -0.2) is 23.8 Å². The summed E-state index contributed by atoms with van der Waals surface area (Å²) in [4.78, 5) is 11.6. The molecule has 2 N–H and O–H groups in total. The fourth-order valence-corrected chi connectivity index (χ4v) is 2.16. The molecule has 1 saturated carbocycles. The van der Waals surface area contributed by atoms with E-state index in [2.05, 4.69) is 10.6 Å². The molecule has 6 heteroatoms. The molecule has 1 fully saturated rings. The predicted octanol–water partition coefficient (Wildman–Crippen LogP) is 3.43. The lowest BCUT2D eigenvalue weighted by atomic mass is 9.86. The van der Waals surface area contributed by atoms with E-state index in [4.69, 9.17) is 4.74 Å². The van der Waals surface area contributed by atoms with Crippen LogP contribution in [0.25, 0.3) is 0 Å². The molecule has 1 aromatic carbocycles. The average Bonchev–Trinajstić information content (AvgIpc) is 2.28. The number of carbonyl (C=O) groups is 1. The maximum atomic E-state index is 13.5. The monoisotopic (exact) mass is 298 g/mol. The molecule has 2 rings (SSSR count). The molecule has 0 spiro atoms. The normalized spacial score (nSPS) is 21.4. The highest BCUT2D eigenvalue weighted by Gasteiger charge is 2.32. The van der Waals surface area contributed by atoms with Crippen LogP contribution in [-0.2, 0) is 4.74 Å². The number of nitrogens with one attached hydrogen (secondary N) is 2. The zero-order valence-electron chi connectivity index (χ0n) is 12.4. The van der Waals surface area contributed by atoms with Gasteiger partial charge >= 0.3 is 6.09 Å². The Hall–Kier alpha value is -1.85. The second-order valence-electron chi connectivity index (χ2n) is 6.28. The van der Waals surface area contributed by atoms with Gasteiger partial charge in [0, 0.05) is 12.1 Å². The molecule has 21 heavy (non-hydrogen) atoms. The van der Waals surface area contributed by atoms with Crippen molar-refractivity contribution in [3.63, 3.8) is 0 Å². The minimum Gasteiger partial charge on any atom is -0.444 e. The quantitative estimate of drug-likeness (QED) is 0.899. The Kier molecular flexibility index (Phi) is 4.34. The largest absolute Gasteiger partial charge is 0.444 e. The molecule has 0 unspecified atom stereocenters. The highest BCUT2D eigenvalue weighted by Crippen LogP contribution is 2.26. The van der Waals surface area contributed by atoms with Gasteiger partial charge in [0.15, 0.2) is 0 Å². The number of hydrogen-bond donors (Lipinski definition) is 2. The summed E-state index contributed by atoms with van der Waals surface area (Å²) in [6, 6.07) is 3.31. The van der Waals surface area contributed by atoms with Crippen molar-refractivity contribution in [3.05, 3.63) is 29.8 Å². The van der Waals surface area contributed by atoms with E-state index >= 15 is 0 Å². The Morgan fingerprint density at radius 2 is 1.90 bits per heavy atom. The van der Waals surface area contributed by atoms with E-state index in [0.29, 0.717) is 12.8 Å². The number of amides is 1. The van der Waals surface area contributed by atoms with Gasteiger partial charge in [0.2, 0.25) is 0 Å². The van der Waals surface area contributed by atoms with E-state index < -0.39 is 23.3 Å². The molecule has 0 atom stereocenters. The molecule has 0 radical (unpaired) electrons. The highest BCUT2D eigenvalue weighted by atomic mass is 19.1. The number of ether oxygens (including phenoxy) is 1. The molecule has 0 saturated heterocycles. The van der Waals surface area contributed by atoms with E-state index in [9.17, 15) is 13.6 Å². The topological polar surface area (TPSA) is 50.4 Å². The first-order chi connectivity index (χ1) is 9.73. The second-order valence-corrected chi connectivity index (χ2v) is 6.28. The van der Waals surface area contributed by atoms with E-state index in [1.165, 1.54) is 0 Å². The highest BCUT2D eigenvalue weighted by molar-refractivity contribution is 5.68. The number of hydrogen-bond acceptors (Lipinski definition) is 3. The van der Waals surface area contributed by atoms with Crippen LogP contribution in [0.3, 0.4) is 0 Å². The lowest BCUT2D eigenvalue weighted by Gasteiger charge is -2.37. The van der Waals surface area contributed by atoms with Gasteiger partial charge in [-0.1, -0.05) is 0 Å². The Morgan fingerprint density at radius 1 is 1.24 bits per heavy atom. The number of rotatable bonds is 3. The fraction of sp³-hybridized carbons (Fsp3) is 0.533. The summed E-state index contributed by atoms with van der Waals surface area (Å²) < 4.78 is 31.7. The van der Waals surface area contributed by atoms with Crippen LogP contribution in [0, 0.1) is 11.6 Å². The molecule has 4 nitrogen and oxygen atoms in total. The zero-order chi connectivity index (χ0) is 15.6. The van der Waals surface area contributed by atoms with Crippen molar-refractivity contribution < 1.29 is 18.3 Å². The zero-order valence-corrected chi connectivity index (χ0v) is 12.4. The van der Waals surface area contributed by atoms with Crippen molar-refractivity contribution in [2.24, 2.45) is 0 Å². The van der Waals surface area contributed by atoms with Crippen molar-refractivity contribution in [1.82, 2.24) is 5.32 Å². The number of anilines is 1. The standard InChI is InChI=1S/C15H20F2N2O2/c1-15(2,3)21-14(20)19-11-7-10(8-11)18-13-6-9(16)4-5-12(13)17/h4-6,10-11,18H,7-8H2,1-3H3,(H,19,20). The molecule has 1 aliphatic rings. The van der Waals surface area contributed by atoms with Crippen molar-refractivity contribution in [3.8, 4) is 0 Å². The number of halogens is 2. The van der Waals surface area contributed by atoms with Gasteiger partial charge in [-0.05, 0) is 51.8 Å². The van der Waals surface area contributed by atoms with Gasteiger partial charge < -0.3 is 15.4 Å². The predicted molar refractivity (Wildman–Crippen MR) is 76.2 cm³/mol. The molecule has 1 amide bonds. The van der Waals surface area contributed by atoms with Crippen LogP contribution in [0.1, 0.15) is 33.6 Å². The molecule has 1 aromatic rings. The molecule has 0 bridgehead atoms. The minimum atomic E-state index is -0.532. The summed E-state index contributed by atoms with van der Waals surface area (Å²) in [7, 11) is 0. The van der Waals surface area contributed by atoms with Gasteiger partial charge in [-0.3, -0.25) is 0 Å². The SMILES string of the molecule is CC(C)(C)OC(=O)NC1CC(Nc2cc(F)ccc2F)C1. The lowest BCUT2D eigenvalue weighted by Crippen LogP contribution is -2.50. The number of benzene rings is 1. The summed E-state index contributed by atoms with van der Waals surface area (Å²) in [5.74, 6) is -0.971. The summed E-state index contributed by atoms with van der Waals surface area (Å²) in [6.45, 7) is 5.39. The van der Waals surface area contributed by atoms with E-state index in [1.54, 1.807) is 20.8 Å². The smallest absolute Gasteiger partial charge is 0.407 e. The van der Waals surface area contributed by atoms with Gasteiger partial charge in [-0.15, -0.1) is 0 Å². The maximum Gasteiger partial charge on any atom is 0.407 e. The molecule has 0 aliphatic heterocycles. The van der Waals surface area contributed by atoms with Gasteiger partial charge in [0.25, 0.3) is 0 Å². The minimum absolute atomic E-state index is 0.00558. The molecule has 0 aromatic heterocycles. The second kappa shape index (κ2) is 5.87. The van der Waals surface area contributed by atoms with Crippen LogP contribution in [0.4, 0.5) is 19.3 Å². The van der Waals surface area contributed by atoms with E-state index in [1.807, 2.05) is 0 Å². The van der Waals surface area contributed by atoms with Crippen LogP contribution in [0.2, 0.25) is 0 Å². The van der Waals surface area contributed by atoms with Crippen molar-refractivity contribution in [1.29, 1.82) is 0 Å². The van der Waals surface area contributed by atoms with Gasteiger partial charge in [-0.2, -0.15) is 0 Å². The van der Waals surface area contributed by atoms with E-state index in [-0.39, 0.29) is 17.8 Å². The van der Waals surface area contributed by atoms with E-state index in [0.717, 1.165) is 18.2 Å². The Labute approximate surface area is 122 Å². The summed E-state index contributed by atoms with van der Waals surface area (Å²) in [5, 5.41) is 5.68. The Bertz CT molecular complexity index is 523.